The zero-order valence-electron chi connectivity index (χ0n) is 14.1. The summed E-state index contributed by atoms with van der Waals surface area (Å²) in [6, 6.07) is 14.5. The van der Waals surface area contributed by atoms with E-state index < -0.39 is 0 Å². The van der Waals surface area contributed by atoms with Crippen LogP contribution in [0.1, 0.15) is 30.8 Å². The van der Waals surface area contributed by atoms with Crippen LogP contribution in [-0.2, 0) is 11.2 Å². The smallest absolute Gasteiger partial charge is 0.227 e. The maximum atomic E-state index is 12.1. The van der Waals surface area contributed by atoms with E-state index in [1.807, 2.05) is 31.2 Å². The Hall–Kier alpha value is -2.37. The third-order valence-electron chi connectivity index (χ3n) is 3.86. The highest BCUT2D eigenvalue weighted by atomic mass is 35.5. The van der Waals surface area contributed by atoms with E-state index in [2.05, 4.69) is 15.5 Å². The third-order valence-corrected chi connectivity index (χ3v) is 4.35. The number of nitrogens with zero attached hydrogens (tertiary/aromatic N) is 2. The molecule has 0 aliphatic rings. The zero-order valence-corrected chi connectivity index (χ0v) is 15.6. The Bertz CT molecular complexity index is 894. The standard InChI is InChI=1S/C19H17Cl2N3O2/c1-12(13-5-7-15(20)8-6-13)22-17(25)9-10-18-23-19(24-26-18)14-3-2-4-16(21)11-14/h2-8,11-12H,9-10H2,1H3,(H,22,25). The monoisotopic (exact) mass is 389 g/mol. The van der Waals surface area contributed by atoms with E-state index in [0.717, 1.165) is 11.1 Å². The van der Waals surface area contributed by atoms with Crippen molar-refractivity contribution in [1.29, 1.82) is 0 Å². The van der Waals surface area contributed by atoms with Gasteiger partial charge < -0.3 is 9.84 Å². The number of benzene rings is 2. The van der Waals surface area contributed by atoms with Crippen LogP contribution in [-0.4, -0.2) is 16.0 Å². The van der Waals surface area contributed by atoms with Crippen molar-refractivity contribution in [3.05, 3.63) is 70.0 Å². The van der Waals surface area contributed by atoms with Crippen molar-refractivity contribution in [1.82, 2.24) is 15.5 Å². The Labute approximate surface area is 161 Å². The van der Waals surface area contributed by atoms with Gasteiger partial charge in [-0.25, -0.2) is 0 Å². The van der Waals surface area contributed by atoms with Crippen LogP contribution in [0.15, 0.2) is 53.1 Å². The number of hydrogen-bond acceptors (Lipinski definition) is 4. The lowest BCUT2D eigenvalue weighted by Crippen LogP contribution is -2.26. The number of aromatic nitrogens is 2. The van der Waals surface area contributed by atoms with Crippen molar-refractivity contribution in [3.63, 3.8) is 0 Å². The maximum Gasteiger partial charge on any atom is 0.227 e. The molecule has 1 atom stereocenters. The van der Waals surface area contributed by atoms with Crippen molar-refractivity contribution in [2.24, 2.45) is 0 Å². The van der Waals surface area contributed by atoms with Gasteiger partial charge in [-0.05, 0) is 36.8 Å². The van der Waals surface area contributed by atoms with Gasteiger partial charge in [-0.2, -0.15) is 4.98 Å². The number of aryl methyl sites for hydroxylation is 1. The average Bonchev–Trinajstić information content (AvgIpc) is 3.09. The molecule has 0 bridgehead atoms. The first kappa shape index (κ1) is 18.4. The van der Waals surface area contributed by atoms with Crippen LogP contribution < -0.4 is 5.32 Å². The fourth-order valence-electron chi connectivity index (χ4n) is 2.47. The van der Waals surface area contributed by atoms with E-state index >= 15 is 0 Å². The van der Waals surface area contributed by atoms with Gasteiger partial charge in [0.25, 0.3) is 0 Å². The summed E-state index contributed by atoms with van der Waals surface area (Å²) in [5.41, 5.74) is 1.76. The molecule has 3 rings (SSSR count). The Balaban J connectivity index is 1.54. The van der Waals surface area contributed by atoms with Crippen molar-refractivity contribution < 1.29 is 9.32 Å². The molecule has 3 aromatic rings. The van der Waals surface area contributed by atoms with E-state index in [0.29, 0.717) is 28.2 Å². The minimum atomic E-state index is -0.107. The van der Waals surface area contributed by atoms with Gasteiger partial charge in [0.05, 0.1) is 6.04 Å². The lowest BCUT2D eigenvalue weighted by atomic mass is 10.1. The van der Waals surface area contributed by atoms with E-state index in [1.165, 1.54) is 0 Å². The molecule has 0 radical (unpaired) electrons. The molecule has 1 N–H and O–H groups in total. The summed E-state index contributed by atoms with van der Waals surface area (Å²) in [6.45, 7) is 1.92. The van der Waals surface area contributed by atoms with E-state index in [4.69, 9.17) is 27.7 Å². The molecule has 134 valence electrons. The molecule has 7 heteroatoms. The largest absolute Gasteiger partial charge is 0.350 e. The minimum Gasteiger partial charge on any atom is -0.350 e. The van der Waals surface area contributed by atoms with Gasteiger partial charge in [-0.15, -0.1) is 0 Å². The number of amides is 1. The summed E-state index contributed by atoms with van der Waals surface area (Å²) in [7, 11) is 0. The normalized spacial score (nSPS) is 12.0. The fourth-order valence-corrected chi connectivity index (χ4v) is 2.79. The van der Waals surface area contributed by atoms with Crippen molar-refractivity contribution in [2.45, 2.75) is 25.8 Å². The van der Waals surface area contributed by atoms with Crippen LogP contribution in [0.25, 0.3) is 11.4 Å². The summed E-state index contributed by atoms with van der Waals surface area (Å²) in [5, 5.41) is 8.14. The molecule has 0 aliphatic carbocycles. The summed E-state index contributed by atoms with van der Waals surface area (Å²) < 4.78 is 5.21. The van der Waals surface area contributed by atoms with Crippen LogP contribution >= 0.6 is 23.2 Å². The van der Waals surface area contributed by atoms with Gasteiger partial charge in [0.15, 0.2) is 0 Å². The number of carbonyl (C=O) groups excluding carboxylic acids is 1. The Morgan fingerprint density at radius 1 is 1.15 bits per heavy atom. The third kappa shape index (κ3) is 4.84. The molecule has 5 nitrogen and oxygen atoms in total. The quantitative estimate of drug-likeness (QED) is 0.653. The van der Waals surface area contributed by atoms with Crippen LogP contribution in [0.5, 0.6) is 0 Å². The number of carbonyl (C=O) groups is 1. The van der Waals surface area contributed by atoms with Gasteiger partial charge in [-0.3, -0.25) is 4.79 Å². The van der Waals surface area contributed by atoms with Crippen molar-refractivity contribution in [3.8, 4) is 11.4 Å². The topological polar surface area (TPSA) is 68.0 Å². The number of hydrogen-bond donors (Lipinski definition) is 1. The van der Waals surface area contributed by atoms with E-state index in [1.54, 1.807) is 24.3 Å². The molecule has 0 saturated heterocycles. The maximum absolute atomic E-state index is 12.1. The predicted octanol–water partition coefficient (Wildman–Crippen LogP) is 4.85. The van der Waals surface area contributed by atoms with Crippen LogP contribution in [0, 0.1) is 0 Å². The Morgan fingerprint density at radius 3 is 2.65 bits per heavy atom. The van der Waals surface area contributed by atoms with E-state index in [9.17, 15) is 4.79 Å². The van der Waals surface area contributed by atoms with Crippen LogP contribution in [0.3, 0.4) is 0 Å². The molecule has 1 unspecified atom stereocenters. The summed E-state index contributed by atoms with van der Waals surface area (Å²) >= 11 is 11.8. The van der Waals surface area contributed by atoms with Gasteiger partial charge in [-0.1, -0.05) is 52.6 Å². The Morgan fingerprint density at radius 2 is 1.92 bits per heavy atom. The second-order valence-corrected chi connectivity index (χ2v) is 6.74. The lowest BCUT2D eigenvalue weighted by molar-refractivity contribution is -0.121. The minimum absolute atomic E-state index is 0.0880. The number of rotatable bonds is 6. The SMILES string of the molecule is CC(NC(=O)CCc1nc(-c2cccc(Cl)c2)no1)c1ccc(Cl)cc1. The molecule has 1 aromatic heterocycles. The molecular formula is C19H17Cl2N3O2. The molecule has 1 heterocycles. The van der Waals surface area contributed by atoms with Gasteiger partial charge >= 0.3 is 0 Å². The molecule has 0 saturated carbocycles. The molecule has 2 aromatic carbocycles. The highest BCUT2D eigenvalue weighted by molar-refractivity contribution is 6.31. The fraction of sp³-hybridized carbons (Fsp3) is 0.211. The molecular weight excluding hydrogens is 373 g/mol. The van der Waals surface area contributed by atoms with Crippen molar-refractivity contribution in [2.75, 3.05) is 0 Å². The van der Waals surface area contributed by atoms with Gasteiger partial charge in [0, 0.05) is 28.5 Å². The first-order valence-electron chi connectivity index (χ1n) is 8.14. The summed E-state index contributed by atoms with van der Waals surface area (Å²) in [4.78, 5) is 16.5. The van der Waals surface area contributed by atoms with Gasteiger partial charge in [0.1, 0.15) is 0 Å². The highest BCUT2D eigenvalue weighted by Gasteiger charge is 2.13. The molecule has 0 spiro atoms. The second kappa shape index (κ2) is 8.34. The van der Waals surface area contributed by atoms with E-state index in [-0.39, 0.29) is 18.4 Å². The Kier molecular flexibility index (Phi) is 5.91. The summed E-state index contributed by atoms with van der Waals surface area (Å²) in [6.07, 6.45) is 0.627. The summed E-state index contributed by atoms with van der Waals surface area (Å²) in [5.74, 6) is 0.779. The first-order chi connectivity index (χ1) is 12.5. The average molecular weight is 390 g/mol. The highest BCUT2D eigenvalue weighted by Crippen LogP contribution is 2.20. The molecule has 0 aliphatic heterocycles. The lowest BCUT2D eigenvalue weighted by Gasteiger charge is -2.14. The molecule has 0 fully saturated rings. The van der Waals surface area contributed by atoms with Crippen LogP contribution in [0.2, 0.25) is 10.0 Å². The van der Waals surface area contributed by atoms with Crippen molar-refractivity contribution >= 4 is 29.1 Å². The molecule has 1 amide bonds. The first-order valence-corrected chi connectivity index (χ1v) is 8.90. The van der Waals surface area contributed by atoms with Crippen LogP contribution in [0.4, 0.5) is 0 Å². The van der Waals surface area contributed by atoms with Gasteiger partial charge in [0.2, 0.25) is 17.6 Å². The predicted molar refractivity (Wildman–Crippen MR) is 101 cm³/mol. The molecule has 26 heavy (non-hydrogen) atoms. The zero-order chi connectivity index (χ0) is 18.5. The second-order valence-electron chi connectivity index (χ2n) is 5.86. The number of nitrogens with one attached hydrogen (secondary N) is 1. The number of halogens is 2.